The zero-order valence-corrected chi connectivity index (χ0v) is 18.6. The van der Waals surface area contributed by atoms with Gasteiger partial charge in [0.05, 0.1) is 11.4 Å². The van der Waals surface area contributed by atoms with Crippen molar-refractivity contribution < 1.29 is 13.9 Å². The van der Waals surface area contributed by atoms with Gasteiger partial charge in [0, 0.05) is 23.6 Å². The van der Waals surface area contributed by atoms with Crippen molar-refractivity contribution in [3.63, 3.8) is 0 Å². The summed E-state index contributed by atoms with van der Waals surface area (Å²) in [7, 11) is 1.80. The van der Waals surface area contributed by atoms with Gasteiger partial charge in [-0.1, -0.05) is 12.1 Å². The molecule has 0 saturated heterocycles. The summed E-state index contributed by atoms with van der Waals surface area (Å²) in [5, 5.41) is 5.42. The Balaban J connectivity index is 1.85. The second-order valence-electron chi connectivity index (χ2n) is 8.19. The lowest BCUT2D eigenvalue weighted by Crippen LogP contribution is -2.52. The molecule has 0 spiro atoms. The van der Waals surface area contributed by atoms with Crippen molar-refractivity contribution in [2.45, 2.75) is 39.8 Å². The average Bonchev–Trinajstić information content (AvgIpc) is 3.12. The van der Waals surface area contributed by atoms with Crippen molar-refractivity contribution in [3.05, 3.63) is 63.6 Å². The van der Waals surface area contributed by atoms with Gasteiger partial charge in [0.2, 0.25) is 0 Å². The maximum Gasteiger partial charge on any atom is 0.251 e. The smallest absolute Gasteiger partial charge is 0.251 e. The largest absolute Gasteiger partial charge is 0.488 e. The Kier molecular flexibility index (Phi) is 5.06. The summed E-state index contributed by atoms with van der Waals surface area (Å²) in [6.07, 6.45) is 0. The zero-order chi connectivity index (χ0) is 21.6. The van der Waals surface area contributed by atoms with Crippen LogP contribution in [0.5, 0.6) is 5.75 Å². The van der Waals surface area contributed by atoms with Gasteiger partial charge in [-0.15, -0.1) is 11.3 Å². The van der Waals surface area contributed by atoms with Gasteiger partial charge in [0.15, 0.2) is 0 Å². The first-order valence-electron chi connectivity index (χ1n) is 9.84. The van der Waals surface area contributed by atoms with Crippen LogP contribution >= 0.6 is 11.3 Å². The van der Waals surface area contributed by atoms with Crippen LogP contribution in [0.3, 0.4) is 0 Å². The van der Waals surface area contributed by atoms with Gasteiger partial charge < -0.3 is 15.0 Å². The maximum absolute atomic E-state index is 13.8. The lowest BCUT2D eigenvalue weighted by Gasteiger charge is -2.39. The molecule has 1 amide bonds. The van der Waals surface area contributed by atoms with Gasteiger partial charge in [-0.2, -0.15) is 0 Å². The van der Waals surface area contributed by atoms with E-state index in [1.807, 2.05) is 26.8 Å². The first-order chi connectivity index (χ1) is 14.2. The van der Waals surface area contributed by atoms with Gasteiger partial charge in [0.25, 0.3) is 5.91 Å². The van der Waals surface area contributed by atoms with Gasteiger partial charge in [-0.25, -0.2) is 4.39 Å². The first-order valence-corrected chi connectivity index (χ1v) is 10.7. The molecule has 6 heteroatoms. The Morgan fingerprint density at radius 3 is 2.60 bits per heavy atom. The van der Waals surface area contributed by atoms with Gasteiger partial charge in [0.1, 0.15) is 23.7 Å². The molecule has 2 aromatic carbocycles. The number of hydrogen-bond donors (Lipinski definition) is 1. The highest BCUT2D eigenvalue weighted by molar-refractivity contribution is 7.10. The minimum atomic E-state index is -0.696. The lowest BCUT2D eigenvalue weighted by molar-refractivity contribution is -0.121. The van der Waals surface area contributed by atoms with E-state index in [1.165, 1.54) is 17.0 Å². The molecule has 3 aromatic rings. The molecular weight excluding hydrogens is 399 g/mol. The third-order valence-electron chi connectivity index (χ3n) is 5.58. The Morgan fingerprint density at radius 2 is 1.90 bits per heavy atom. The molecule has 1 aliphatic heterocycles. The van der Waals surface area contributed by atoms with Crippen LogP contribution in [0.2, 0.25) is 0 Å². The van der Waals surface area contributed by atoms with E-state index in [0.717, 1.165) is 33.6 Å². The predicted octanol–water partition coefficient (Wildman–Crippen LogP) is 5.92. The fourth-order valence-corrected chi connectivity index (χ4v) is 4.69. The number of benzene rings is 2. The highest BCUT2D eigenvalue weighted by Crippen LogP contribution is 2.43. The number of ether oxygens (including phenoxy) is 1. The van der Waals surface area contributed by atoms with Crippen LogP contribution in [0, 0.1) is 19.7 Å². The van der Waals surface area contributed by atoms with Crippen LogP contribution in [0.15, 0.2) is 41.8 Å². The quantitative estimate of drug-likeness (QED) is 0.565. The molecule has 0 aliphatic carbocycles. The van der Waals surface area contributed by atoms with E-state index in [-0.39, 0.29) is 18.3 Å². The molecule has 1 aliphatic rings. The number of aryl methyl sites for hydroxylation is 2. The molecule has 0 bridgehead atoms. The highest BCUT2D eigenvalue weighted by Gasteiger charge is 2.38. The minimum Gasteiger partial charge on any atom is -0.488 e. The number of fused-ring (bicyclic) bond motifs is 1. The summed E-state index contributed by atoms with van der Waals surface area (Å²) in [6.45, 7) is 7.93. The zero-order valence-electron chi connectivity index (χ0n) is 17.8. The third kappa shape index (κ3) is 3.45. The molecule has 0 atom stereocenters. The molecule has 30 heavy (non-hydrogen) atoms. The van der Waals surface area contributed by atoms with Crippen molar-refractivity contribution in [2.24, 2.45) is 0 Å². The van der Waals surface area contributed by atoms with Crippen molar-refractivity contribution in [1.29, 1.82) is 0 Å². The number of anilines is 2. The molecule has 4 rings (SSSR count). The average molecular weight is 425 g/mol. The summed E-state index contributed by atoms with van der Waals surface area (Å²) in [4.78, 5) is 15.9. The van der Waals surface area contributed by atoms with E-state index in [0.29, 0.717) is 5.75 Å². The maximum atomic E-state index is 13.8. The van der Waals surface area contributed by atoms with Crippen LogP contribution in [-0.4, -0.2) is 18.5 Å². The summed E-state index contributed by atoms with van der Waals surface area (Å²) in [6, 6.07) is 10.7. The van der Waals surface area contributed by atoms with Crippen molar-refractivity contribution in [2.75, 3.05) is 17.3 Å². The van der Waals surface area contributed by atoms with Crippen molar-refractivity contribution >= 4 is 28.6 Å². The summed E-state index contributed by atoms with van der Waals surface area (Å²) in [5.74, 6) is 0.145. The molecule has 0 radical (unpaired) electrons. The monoisotopic (exact) mass is 424 g/mol. The van der Waals surface area contributed by atoms with E-state index in [4.69, 9.17) is 4.74 Å². The molecule has 156 valence electrons. The Labute approximate surface area is 180 Å². The Morgan fingerprint density at radius 1 is 1.13 bits per heavy atom. The first kappa shape index (κ1) is 20.4. The number of hydrogen-bond acceptors (Lipinski definition) is 4. The van der Waals surface area contributed by atoms with Crippen LogP contribution in [0.25, 0.3) is 11.1 Å². The van der Waals surface area contributed by atoms with E-state index in [9.17, 15) is 9.18 Å². The van der Waals surface area contributed by atoms with E-state index < -0.39 is 5.54 Å². The minimum absolute atomic E-state index is 0.0163. The second kappa shape index (κ2) is 7.43. The third-order valence-corrected chi connectivity index (χ3v) is 6.42. The lowest BCUT2D eigenvalue weighted by atomic mass is 9.92. The molecule has 4 nitrogen and oxygen atoms in total. The molecule has 0 unspecified atom stereocenters. The topological polar surface area (TPSA) is 41.6 Å². The van der Waals surface area contributed by atoms with E-state index >= 15 is 0 Å². The number of carbonyl (C=O) groups is 1. The van der Waals surface area contributed by atoms with Crippen molar-refractivity contribution in [1.82, 2.24) is 0 Å². The SMILES string of the molecule is Cc1ccc(F)cc1OCc1c(-c2ccsc2C)ccc2c1N(C)C(=O)C(C)(C)N2. The number of nitrogens with one attached hydrogen (secondary N) is 1. The second-order valence-corrected chi connectivity index (χ2v) is 9.31. The van der Waals surface area contributed by atoms with Crippen LogP contribution in [0.1, 0.15) is 29.9 Å². The fourth-order valence-electron chi connectivity index (χ4n) is 3.97. The van der Waals surface area contributed by atoms with E-state index in [2.05, 4.69) is 29.8 Å². The van der Waals surface area contributed by atoms with Gasteiger partial charge in [-0.05, 0) is 68.0 Å². The molecule has 1 N–H and O–H groups in total. The standard InChI is InChI=1S/C24H25FN2O2S/c1-14-6-7-16(25)12-21(14)29-13-19-18(17-10-11-30-15(17)2)8-9-20-22(19)27(5)23(28)24(3,4)26-20/h6-12,26H,13H2,1-5H3. The summed E-state index contributed by atoms with van der Waals surface area (Å²) in [5.41, 5.74) is 4.88. The number of thiophene rings is 1. The number of rotatable bonds is 4. The van der Waals surface area contributed by atoms with Gasteiger partial charge in [-0.3, -0.25) is 4.79 Å². The van der Waals surface area contributed by atoms with E-state index in [1.54, 1.807) is 29.4 Å². The fraction of sp³-hybridized carbons (Fsp3) is 0.292. The number of amides is 1. The highest BCUT2D eigenvalue weighted by atomic mass is 32.1. The summed E-state index contributed by atoms with van der Waals surface area (Å²) < 4.78 is 19.8. The normalized spacial score (nSPS) is 15.0. The van der Waals surface area contributed by atoms with Crippen LogP contribution < -0.4 is 15.0 Å². The number of carbonyl (C=O) groups excluding carboxylic acids is 1. The number of nitrogens with zero attached hydrogens (tertiary/aromatic N) is 1. The predicted molar refractivity (Wildman–Crippen MR) is 121 cm³/mol. The Hall–Kier alpha value is -2.86. The van der Waals surface area contributed by atoms with Crippen molar-refractivity contribution in [3.8, 4) is 16.9 Å². The van der Waals surface area contributed by atoms with Crippen LogP contribution in [-0.2, 0) is 11.4 Å². The molecule has 0 saturated carbocycles. The molecule has 0 fully saturated rings. The van der Waals surface area contributed by atoms with Gasteiger partial charge >= 0.3 is 0 Å². The molecule has 1 aromatic heterocycles. The number of halogens is 1. The molecular formula is C24H25FN2O2S. The Bertz CT molecular complexity index is 1140. The summed E-state index contributed by atoms with van der Waals surface area (Å²) >= 11 is 1.68. The van der Waals surface area contributed by atoms with Crippen LogP contribution in [0.4, 0.5) is 15.8 Å². The molecule has 2 heterocycles. The number of likely N-dealkylation sites (N-methyl/N-ethyl adjacent to an activating group) is 1.